The summed E-state index contributed by atoms with van der Waals surface area (Å²) < 4.78 is 23.7. The normalized spacial score (nSPS) is 34.4. The standard InChI is InChI=1S/C9H18F2N2/c1-9(4-2-3-7(9)12)6-13-5-8(10)11/h7-8,13H,2-6,12H2,1H3. The maximum Gasteiger partial charge on any atom is 0.250 e. The summed E-state index contributed by atoms with van der Waals surface area (Å²) >= 11 is 0. The minimum absolute atomic E-state index is 0.0227. The molecule has 4 heteroatoms. The Balaban J connectivity index is 2.26. The molecule has 0 aliphatic heterocycles. The molecule has 78 valence electrons. The van der Waals surface area contributed by atoms with Gasteiger partial charge < -0.3 is 11.1 Å². The highest BCUT2D eigenvalue weighted by atomic mass is 19.3. The number of hydrogen-bond acceptors (Lipinski definition) is 2. The van der Waals surface area contributed by atoms with Gasteiger partial charge in [-0.2, -0.15) is 0 Å². The third kappa shape index (κ3) is 2.88. The van der Waals surface area contributed by atoms with Crippen LogP contribution in [0.5, 0.6) is 0 Å². The van der Waals surface area contributed by atoms with Crippen LogP contribution in [-0.4, -0.2) is 25.6 Å². The zero-order valence-electron chi connectivity index (χ0n) is 8.02. The van der Waals surface area contributed by atoms with Crippen LogP contribution < -0.4 is 11.1 Å². The molecule has 2 nitrogen and oxygen atoms in total. The highest BCUT2D eigenvalue weighted by Crippen LogP contribution is 2.35. The van der Waals surface area contributed by atoms with Crippen molar-refractivity contribution in [1.29, 1.82) is 0 Å². The second kappa shape index (κ2) is 4.33. The fraction of sp³-hybridized carbons (Fsp3) is 1.00. The third-order valence-corrected chi connectivity index (χ3v) is 2.99. The molecule has 2 atom stereocenters. The molecular weight excluding hydrogens is 174 g/mol. The van der Waals surface area contributed by atoms with E-state index in [2.05, 4.69) is 12.2 Å². The van der Waals surface area contributed by atoms with E-state index in [0.29, 0.717) is 6.54 Å². The van der Waals surface area contributed by atoms with Crippen LogP contribution in [0, 0.1) is 5.41 Å². The molecule has 1 aliphatic rings. The number of halogens is 2. The molecule has 3 N–H and O–H groups in total. The Morgan fingerprint density at radius 2 is 2.31 bits per heavy atom. The van der Waals surface area contributed by atoms with Crippen LogP contribution in [-0.2, 0) is 0 Å². The van der Waals surface area contributed by atoms with Crippen molar-refractivity contribution in [1.82, 2.24) is 5.32 Å². The lowest BCUT2D eigenvalue weighted by molar-refractivity contribution is 0.138. The molecule has 1 aliphatic carbocycles. The first-order chi connectivity index (χ1) is 6.04. The summed E-state index contributed by atoms with van der Waals surface area (Å²) in [5.74, 6) is 0. The molecule has 0 radical (unpaired) electrons. The van der Waals surface area contributed by atoms with Gasteiger partial charge in [-0.05, 0) is 18.3 Å². The maximum absolute atomic E-state index is 11.8. The van der Waals surface area contributed by atoms with Crippen molar-refractivity contribution < 1.29 is 8.78 Å². The van der Waals surface area contributed by atoms with Crippen molar-refractivity contribution in [3.05, 3.63) is 0 Å². The predicted octanol–water partition coefficient (Wildman–Crippen LogP) is 1.36. The van der Waals surface area contributed by atoms with Crippen LogP contribution in [0.2, 0.25) is 0 Å². The Hall–Kier alpha value is -0.220. The molecule has 0 bridgehead atoms. The van der Waals surface area contributed by atoms with Gasteiger partial charge in [-0.1, -0.05) is 13.3 Å². The average molecular weight is 192 g/mol. The summed E-state index contributed by atoms with van der Waals surface area (Å²) in [6, 6.07) is 0.165. The fourth-order valence-corrected chi connectivity index (χ4v) is 1.95. The Kier molecular flexibility index (Phi) is 3.62. The van der Waals surface area contributed by atoms with Gasteiger partial charge in [0.2, 0.25) is 0 Å². The lowest BCUT2D eigenvalue weighted by atomic mass is 9.85. The molecule has 0 aromatic heterocycles. The number of rotatable bonds is 4. The fourth-order valence-electron chi connectivity index (χ4n) is 1.95. The summed E-state index contributed by atoms with van der Waals surface area (Å²) in [5.41, 5.74) is 5.93. The van der Waals surface area contributed by atoms with Crippen molar-refractivity contribution in [3.63, 3.8) is 0 Å². The van der Waals surface area contributed by atoms with Gasteiger partial charge in [0.15, 0.2) is 0 Å². The SMILES string of the molecule is CC1(CNCC(F)F)CCCC1N. The van der Waals surface area contributed by atoms with Gasteiger partial charge >= 0.3 is 0 Å². The molecule has 0 aromatic carbocycles. The van der Waals surface area contributed by atoms with E-state index in [9.17, 15) is 8.78 Å². The lowest BCUT2D eigenvalue weighted by Gasteiger charge is -2.29. The second-order valence-corrected chi connectivity index (χ2v) is 4.17. The van der Waals surface area contributed by atoms with Gasteiger partial charge in [0.05, 0.1) is 6.54 Å². The van der Waals surface area contributed by atoms with E-state index in [1.54, 1.807) is 0 Å². The first kappa shape index (κ1) is 10.9. The summed E-state index contributed by atoms with van der Waals surface area (Å²) in [6.07, 6.45) is 0.923. The average Bonchev–Trinajstić information content (AvgIpc) is 2.32. The Labute approximate surface area is 77.9 Å². The van der Waals surface area contributed by atoms with Crippen molar-refractivity contribution in [2.24, 2.45) is 11.1 Å². The van der Waals surface area contributed by atoms with E-state index >= 15 is 0 Å². The van der Waals surface area contributed by atoms with Crippen LogP contribution in [0.1, 0.15) is 26.2 Å². The van der Waals surface area contributed by atoms with E-state index in [4.69, 9.17) is 5.73 Å². The molecule has 2 unspecified atom stereocenters. The van der Waals surface area contributed by atoms with Crippen LogP contribution in [0.25, 0.3) is 0 Å². The van der Waals surface area contributed by atoms with Crippen LogP contribution in [0.3, 0.4) is 0 Å². The van der Waals surface area contributed by atoms with E-state index in [-0.39, 0.29) is 18.0 Å². The highest BCUT2D eigenvalue weighted by Gasteiger charge is 2.35. The van der Waals surface area contributed by atoms with E-state index in [0.717, 1.165) is 19.3 Å². The first-order valence-corrected chi connectivity index (χ1v) is 4.79. The minimum Gasteiger partial charge on any atom is -0.327 e. The molecule has 0 heterocycles. The molecule has 1 saturated carbocycles. The summed E-state index contributed by atoms with van der Waals surface area (Å²) in [5, 5.41) is 2.77. The minimum atomic E-state index is -2.26. The van der Waals surface area contributed by atoms with E-state index in [1.165, 1.54) is 0 Å². The maximum atomic E-state index is 11.8. The van der Waals surface area contributed by atoms with Gasteiger partial charge in [-0.25, -0.2) is 8.78 Å². The van der Waals surface area contributed by atoms with Gasteiger partial charge in [-0.3, -0.25) is 0 Å². The lowest BCUT2D eigenvalue weighted by Crippen LogP contribution is -2.43. The second-order valence-electron chi connectivity index (χ2n) is 4.17. The molecule has 1 rings (SSSR count). The van der Waals surface area contributed by atoms with Crippen LogP contribution in [0.4, 0.5) is 8.78 Å². The number of nitrogens with one attached hydrogen (secondary N) is 1. The Morgan fingerprint density at radius 3 is 2.77 bits per heavy atom. The van der Waals surface area contributed by atoms with Crippen molar-refractivity contribution in [2.45, 2.75) is 38.7 Å². The largest absolute Gasteiger partial charge is 0.327 e. The summed E-state index contributed by atoms with van der Waals surface area (Å²) in [6.45, 7) is 2.46. The van der Waals surface area contributed by atoms with Crippen LogP contribution in [0.15, 0.2) is 0 Å². The highest BCUT2D eigenvalue weighted by molar-refractivity contribution is 4.92. The molecule has 0 aromatic rings. The first-order valence-electron chi connectivity index (χ1n) is 4.79. The summed E-state index contributed by atoms with van der Waals surface area (Å²) in [7, 11) is 0. The molecule has 13 heavy (non-hydrogen) atoms. The van der Waals surface area contributed by atoms with Crippen molar-refractivity contribution in [3.8, 4) is 0 Å². The van der Waals surface area contributed by atoms with E-state index in [1.807, 2.05) is 0 Å². The van der Waals surface area contributed by atoms with Crippen molar-refractivity contribution in [2.75, 3.05) is 13.1 Å². The quantitative estimate of drug-likeness (QED) is 0.705. The smallest absolute Gasteiger partial charge is 0.250 e. The number of hydrogen-bond donors (Lipinski definition) is 2. The Morgan fingerprint density at radius 1 is 1.62 bits per heavy atom. The topological polar surface area (TPSA) is 38.0 Å². The molecule has 1 fully saturated rings. The van der Waals surface area contributed by atoms with Crippen LogP contribution >= 0.6 is 0 Å². The zero-order valence-corrected chi connectivity index (χ0v) is 8.02. The van der Waals surface area contributed by atoms with E-state index < -0.39 is 6.43 Å². The van der Waals surface area contributed by atoms with Crippen molar-refractivity contribution >= 4 is 0 Å². The number of alkyl halides is 2. The zero-order chi connectivity index (χ0) is 9.90. The molecule has 0 spiro atoms. The van der Waals surface area contributed by atoms with Gasteiger partial charge in [0.1, 0.15) is 0 Å². The predicted molar refractivity (Wildman–Crippen MR) is 48.8 cm³/mol. The Bertz CT molecular complexity index is 164. The molecule has 0 amide bonds. The van der Waals surface area contributed by atoms with Gasteiger partial charge in [0, 0.05) is 12.6 Å². The third-order valence-electron chi connectivity index (χ3n) is 2.99. The molecule has 0 saturated heterocycles. The molecular formula is C9H18F2N2. The van der Waals surface area contributed by atoms with Gasteiger partial charge in [0.25, 0.3) is 6.43 Å². The monoisotopic (exact) mass is 192 g/mol. The van der Waals surface area contributed by atoms with Gasteiger partial charge in [-0.15, -0.1) is 0 Å². The number of nitrogens with two attached hydrogens (primary N) is 1. The summed E-state index contributed by atoms with van der Waals surface area (Å²) in [4.78, 5) is 0.